The van der Waals surface area contributed by atoms with Gasteiger partial charge >= 0.3 is 5.97 Å². The lowest BCUT2D eigenvalue weighted by molar-refractivity contribution is -0.135. The number of carbonyl (C=O) groups is 2. The summed E-state index contributed by atoms with van der Waals surface area (Å²) in [7, 11) is 1.54. The standard InChI is InChI=1S/C11H12FNO3/c1-7(14)9-5-8(12)3-4-10(9)13(2)6-11(15)16/h3-5H,6H2,1-2H3,(H,15,16). The van der Waals surface area contributed by atoms with Crippen molar-refractivity contribution >= 4 is 17.4 Å². The summed E-state index contributed by atoms with van der Waals surface area (Å²) >= 11 is 0. The van der Waals surface area contributed by atoms with Crippen LogP contribution in [0.5, 0.6) is 0 Å². The highest BCUT2D eigenvalue weighted by Gasteiger charge is 2.14. The van der Waals surface area contributed by atoms with Gasteiger partial charge in [-0.15, -0.1) is 0 Å². The first kappa shape index (κ1) is 12.2. The Hall–Kier alpha value is -1.91. The molecule has 1 N–H and O–H groups in total. The summed E-state index contributed by atoms with van der Waals surface area (Å²) in [6.45, 7) is 1.07. The Bertz CT molecular complexity index is 431. The highest BCUT2D eigenvalue weighted by Crippen LogP contribution is 2.21. The molecule has 16 heavy (non-hydrogen) atoms. The zero-order valence-corrected chi connectivity index (χ0v) is 9.03. The number of carbonyl (C=O) groups excluding carboxylic acids is 1. The maximum atomic E-state index is 12.9. The summed E-state index contributed by atoms with van der Waals surface area (Å²) in [5.74, 6) is -1.83. The van der Waals surface area contributed by atoms with Crippen LogP contribution in [0.15, 0.2) is 18.2 Å². The number of Topliss-reactive ketones (excluding diaryl/α,β-unsaturated/α-hetero) is 1. The molecule has 0 aliphatic heterocycles. The summed E-state index contributed by atoms with van der Waals surface area (Å²) in [5, 5.41) is 8.63. The van der Waals surface area contributed by atoms with Crippen molar-refractivity contribution < 1.29 is 19.1 Å². The lowest BCUT2D eigenvalue weighted by atomic mass is 10.1. The molecule has 0 fully saturated rings. The van der Waals surface area contributed by atoms with E-state index in [9.17, 15) is 14.0 Å². The average molecular weight is 225 g/mol. The average Bonchev–Trinajstić information content (AvgIpc) is 2.16. The predicted molar refractivity (Wildman–Crippen MR) is 57.3 cm³/mol. The second-order valence-corrected chi connectivity index (χ2v) is 3.47. The quantitative estimate of drug-likeness (QED) is 0.790. The molecule has 0 saturated heterocycles. The van der Waals surface area contributed by atoms with Crippen LogP contribution in [0.3, 0.4) is 0 Å². The lowest BCUT2D eigenvalue weighted by Crippen LogP contribution is -2.26. The number of aliphatic carboxylic acids is 1. The molecule has 0 unspecified atom stereocenters. The molecular formula is C11H12FNO3. The SMILES string of the molecule is CC(=O)c1cc(F)ccc1N(C)CC(=O)O. The van der Waals surface area contributed by atoms with Crippen LogP contribution in [0, 0.1) is 5.82 Å². The van der Waals surface area contributed by atoms with Gasteiger partial charge in [-0.1, -0.05) is 0 Å². The number of hydrogen-bond acceptors (Lipinski definition) is 3. The van der Waals surface area contributed by atoms with Gasteiger partial charge in [-0.05, 0) is 25.1 Å². The van der Waals surface area contributed by atoms with Crippen molar-refractivity contribution in [1.82, 2.24) is 0 Å². The van der Waals surface area contributed by atoms with Crippen molar-refractivity contribution in [1.29, 1.82) is 0 Å². The number of nitrogens with zero attached hydrogens (tertiary/aromatic N) is 1. The van der Waals surface area contributed by atoms with Crippen molar-refractivity contribution in [3.8, 4) is 0 Å². The molecule has 0 amide bonds. The van der Waals surface area contributed by atoms with Crippen LogP contribution in [0.1, 0.15) is 17.3 Å². The predicted octanol–water partition coefficient (Wildman–Crippen LogP) is 1.55. The van der Waals surface area contributed by atoms with Crippen molar-refractivity contribution in [3.05, 3.63) is 29.6 Å². The van der Waals surface area contributed by atoms with E-state index in [1.54, 1.807) is 0 Å². The molecule has 5 heteroatoms. The van der Waals surface area contributed by atoms with Crippen LogP contribution < -0.4 is 4.90 Å². The van der Waals surface area contributed by atoms with Gasteiger partial charge in [-0.25, -0.2) is 4.39 Å². The minimum atomic E-state index is -1.01. The zero-order valence-electron chi connectivity index (χ0n) is 9.03. The summed E-state index contributed by atoms with van der Waals surface area (Å²) < 4.78 is 12.9. The molecule has 1 aromatic rings. The van der Waals surface area contributed by atoms with Crippen LogP contribution in [0.2, 0.25) is 0 Å². The van der Waals surface area contributed by atoms with Crippen molar-refractivity contribution in [2.24, 2.45) is 0 Å². The van der Waals surface area contributed by atoms with E-state index >= 15 is 0 Å². The minimum Gasteiger partial charge on any atom is -0.480 e. The Kier molecular flexibility index (Phi) is 3.60. The molecule has 1 rings (SSSR count). The Balaban J connectivity index is 3.12. The lowest BCUT2D eigenvalue weighted by Gasteiger charge is -2.19. The molecule has 0 spiro atoms. The number of likely N-dealkylation sites (N-methyl/N-ethyl adjacent to an activating group) is 1. The number of ketones is 1. The van der Waals surface area contributed by atoms with Crippen molar-refractivity contribution in [2.45, 2.75) is 6.92 Å². The molecule has 0 atom stereocenters. The van der Waals surface area contributed by atoms with E-state index in [1.807, 2.05) is 0 Å². The van der Waals surface area contributed by atoms with Gasteiger partial charge in [-0.2, -0.15) is 0 Å². The van der Waals surface area contributed by atoms with Crippen molar-refractivity contribution in [3.63, 3.8) is 0 Å². The van der Waals surface area contributed by atoms with Gasteiger partial charge < -0.3 is 10.0 Å². The fourth-order valence-corrected chi connectivity index (χ4v) is 1.41. The fraction of sp³-hybridized carbons (Fsp3) is 0.273. The topological polar surface area (TPSA) is 57.6 Å². The van der Waals surface area contributed by atoms with Gasteiger partial charge in [-0.3, -0.25) is 9.59 Å². The number of anilines is 1. The number of carboxylic acid groups (broad SMARTS) is 1. The molecular weight excluding hydrogens is 213 g/mol. The number of carboxylic acids is 1. The second kappa shape index (κ2) is 4.74. The molecule has 0 aromatic heterocycles. The maximum Gasteiger partial charge on any atom is 0.323 e. The fourth-order valence-electron chi connectivity index (χ4n) is 1.41. The van der Waals surface area contributed by atoms with E-state index < -0.39 is 11.8 Å². The largest absolute Gasteiger partial charge is 0.480 e. The van der Waals surface area contributed by atoms with E-state index in [4.69, 9.17) is 5.11 Å². The molecule has 4 nitrogen and oxygen atoms in total. The van der Waals surface area contributed by atoms with E-state index in [1.165, 1.54) is 31.0 Å². The molecule has 0 radical (unpaired) electrons. The maximum absolute atomic E-state index is 12.9. The Morgan fingerprint density at radius 1 is 1.44 bits per heavy atom. The number of rotatable bonds is 4. The first-order valence-corrected chi connectivity index (χ1v) is 4.65. The van der Waals surface area contributed by atoms with Crippen LogP contribution in [0.4, 0.5) is 10.1 Å². The summed E-state index contributed by atoms with van der Waals surface area (Å²) in [6, 6.07) is 3.70. The third-order valence-corrected chi connectivity index (χ3v) is 2.12. The highest BCUT2D eigenvalue weighted by atomic mass is 19.1. The van der Waals surface area contributed by atoms with Crippen LogP contribution >= 0.6 is 0 Å². The molecule has 0 aliphatic carbocycles. The third kappa shape index (κ3) is 2.79. The third-order valence-electron chi connectivity index (χ3n) is 2.12. The number of hydrogen-bond donors (Lipinski definition) is 1. The van der Waals surface area contributed by atoms with E-state index in [2.05, 4.69) is 0 Å². The van der Waals surface area contributed by atoms with E-state index in [0.717, 1.165) is 6.07 Å². The normalized spacial score (nSPS) is 9.94. The minimum absolute atomic E-state index is 0.184. The van der Waals surface area contributed by atoms with E-state index in [0.29, 0.717) is 5.69 Å². The first-order chi connectivity index (χ1) is 7.41. The number of halogens is 1. The zero-order chi connectivity index (χ0) is 12.3. The van der Waals surface area contributed by atoms with Crippen molar-refractivity contribution in [2.75, 3.05) is 18.5 Å². The van der Waals surface area contributed by atoms with Gasteiger partial charge in [0.1, 0.15) is 12.4 Å². The molecule has 86 valence electrons. The van der Waals surface area contributed by atoms with Crippen LogP contribution in [-0.2, 0) is 4.79 Å². The van der Waals surface area contributed by atoms with Gasteiger partial charge in [0.15, 0.2) is 5.78 Å². The monoisotopic (exact) mass is 225 g/mol. The summed E-state index contributed by atoms with van der Waals surface area (Å²) in [4.78, 5) is 23.2. The van der Waals surface area contributed by atoms with Gasteiger partial charge in [0, 0.05) is 18.3 Å². The second-order valence-electron chi connectivity index (χ2n) is 3.47. The van der Waals surface area contributed by atoms with Crippen LogP contribution in [0.25, 0.3) is 0 Å². The number of benzene rings is 1. The van der Waals surface area contributed by atoms with E-state index in [-0.39, 0.29) is 17.9 Å². The highest BCUT2D eigenvalue weighted by molar-refractivity contribution is 6.00. The first-order valence-electron chi connectivity index (χ1n) is 4.65. The Morgan fingerprint density at radius 3 is 2.56 bits per heavy atom. The molecule has 0 aliphatic rings. The van der Waals surface area contributed by atoms with Crippen LogP contribution in [-0.4, -0.2) is 30.5 Å². The van der Waals surface area contributed by atoms with Gasteiger partial charge in [0.05, 0.1) is 0 Å². The molecule has 0 heterocycles. The molecule has 0 saturated carbocycles. The Morgan fingerprint density at radius 2 is 2.06 bits per heavy atom. The molecule has 0 bridgehead atoms. The Labute approximate surface area is 92.3 Å². The molecule has 1 aromatic carbocycles. The van der Waals surface area contributed by atoms with Gasteiger partial charge in [0.25, 0.3) is 0 Å². The van der Waals surface area contributed by atoms with Gasteiger partial charge in [0.2, 0.25) is 0 Å². The summed E-state index contributed by atoms with van der Waals surface area (Å²) in [6.07, 6.45) is 0. The summed E-state index contributed by atoms with van der Waals surface area (Å²) in [5.41, 5.74) is 0.597. The smallest absolute Gasteiger partial charge is 0.323 e.